The molecule has 0 bridgehead atoms. The molecule has 0 aromatic carbocycles. The maximum Gasteiger partial charge on any atom is 0.212 e. The summed E-state index contributed by atoms with van der Waals surface area (Å²) >= 11 is 0. The van der Waals surface area contributed by atoms with Crippen molar-refractivity contribution in [2.24, 2.45) is 0 Å². The Labute approximate surface area is 258 Å². The van der Waals surface area contributed by atoms with Gasteiger partial charge < -0.3 is 74.6 Å². The van der Waals surface area contributed by atoms with Crippen molar-refractivity contribution in [3.8, 4) is 0 Å². The summed E-state index contributed by atoms with van der Waals surface area (Å²) in [6.07, 6.45) is -35.1. The van der Waals surface area contributed by atoms with Crippen molar-refractivity contribution in [3.63, 3.8) is 0 Å². The smallest absolute Gasteiger partial charge is 0.212 e. The highest BCUT2D eigenvalue weighted by molar-refractivity contribution is 5.99. The molecule has 2 rings (SSSR count). The Kier molecular flexibility index (Phi) is 7.87. The summed E-state index contributed by atoms with van der Waals surface area (Å²) in [4.78, 5) is 87.9. The number of aldehydes is 4. The number of ether oxygens (including phenoxy) is 2. The summed E-state index contributed by atoms with van der Waals surface area (Å²) in [6, 6.07) is 0. The Morgan fingerprint density at radius 3 is 1.82 bits per heavy atom. The highest BCUT2D eigenvalue weighted by Crippen LogP contribution is 2.58. The van der Waals surface area contributed by atoms with E-state index in [4.69, 9.17) is 19.1 Å². The second kappa shape index (κ2) is 12.6. The van der Waals surface area contributed by atoms with Crippen LogP contribution in [-0.4, -0.2) is 159 Å². The normalized spacial score (nSPS) is 45.9. The predicted molar refractivity (Wildman–Crippen MR) is 136 cm³/mol. The van der Waals surface area contributed by atoms with Crippen LogP contribution >= 0.6 is 0 Å². The van der Waals surface area contributed by atoms with Gasteiger partial charge in [0.25, 0.3) is 0 Å². The molecule has 0 aromatic rings. The molecule has 0 aliphatic carbocycles. The Morgan fingerprint density at radius 2 is 1.34 bits per heavy atom. The number of Topliss-reactive ketones (excluding diaryl/α,β-unsaturated/α-hetero) is 3. The van der Waals surface area contributed by atoms with E-state index in [1.165, 1.54) is 0 Å². The molecule has 0 spiro atoms. The van der Waals surface area contributed by atoms with E-state index in [2.05, 4.69) is 0 Å². The van der Waals surface area contributed by atoms with E-state index in [-0.39, 0.29) is 0 Å². The number of ketones is 3. The largest absolute Gasteiger partial charge is 0.390 e. The van der Waals surface area contributed by atoms with Crippen LogP contribution < -0.4 is 0 Å². The maximum absolute atomic E-state index is 13.6. The van der Waals surface area contributed by atoms with Crippen LogP contribution in [0.2, 0.25) is 0 Å². The summed E-state index contributed by atoms with van der Waals surface area (Å²) in [6.45, 7) is -5.11. The van der Waals surface area contributed by atoms with Gasteiger partial charge in [-0.05, 0) is 20.7 Å². The first-order valence-electron chi connectivity index (χ1n) is 16.5. The number of carbonyl (C=O) groups is 7. The van der Waals surface area contributed by atoms with E-state index < -0.39 is 159 Å². The lowest BCUT2D eigenvalue weighted by Crippen LogP contribution is -2.93. The van der Waals surface area contributed by atoms with E-state index in [1.54, 1.807) is 0 Å². The molecule has 4 unspecified atom stereocenters. The fourth-order valence-corrected chi connectivity index (χ4v) is 6.01. The monoisotopic (exact) mass is 643 g/mol. The lowest BCUT2D eigenvalue weighted by atomic mass is 9.51. The van der Waals surface area contributed by atoms with E-state index in [0.717, 1.165) is 0 Å². The molecule has 2 aliphatic heterocycles. The lowest BCUT2D eigenvalue weighted by molar-refractivity contribution is -0.438. The zero-order chi connectivity index (χ0) is 39.9. The van der Waals surface area contributed by atoms with E-state index in [9.17, 15) is 79.5 Å². The molecule has 0 amide bonds. The third-order valence-corrected chi connectivity index (χ3v) is 8.32. The van der Waals surface area contributed by atoms with Crippen molar-refractivity contribution in [3.05, 3.63) is 0 Å². The number of rotatable bonds is 14. The van der Waals surface area contributed by atoms with Crippen molar-refractivity contribution >= 4 is 42.4 Å². The molecule has 44 heavy (non-hydrogen) atoms. The molecule has 0 aromatic heterocycles. The fourth-order valence-electron chi connectivity index (χ4n) is 6.01. The third kappa shape index (κ3) is 4.72. The molecule has 12 atom stereocenters. The summed E-state index contributed by atoms with van der Waals surface area (Å²) < 4.78 is 62.5. The summed E-state index contributed by atoms with van der Waals surface area (Å²) in [5, 5.41) is 105. The van der Waals surface area contributed by atoms with Gasteiger partial charge in [0, 0.05) is 29.8 Å². The Balaban J connectivity index is 3.44. The van der Waals surface area contributed by atoms with Crippen LogP contribution in [0, 0.1) is 0 Å². The van der Waals surface area contributed by atoms with Gasteiger partial charge in [0.05, 0.1) is 6.10 Å². The molecule has 0 saturated carbocycles. The van der Waals surface area contributed by atoms with Crippen LogP contribution in [0.3, 0.4) is 0 Å². The topological polar surface area (TPSA) is 320 Å². The van der Waals surface area contributed by atoms with Crippen LogP contribution in [0.5, 0.6) is 0 Å². The zero-order valence-electron chi connectivity index (χ0n) is 29.6. The Hall–Kier alpha value is -2.75. The van der Waals surface area contributed by atoms with Crippen molar-refractivity contribution in [2.75, 3.05) is 0 Å². The maximum atomic E-state index is 13.6. The molecule has 0 radical (unpaired) electrons. The molecular formula is C26H36O18. The average molecular weight is 644 g/mol. The minimum atomic E-state index is -4.79. The fraction of sp³-hybridized carbons (Fsp3) is 0.731. The SMILES string of the molecule is [2H]CC(=O)C(O)[C@H]1OC(O)[C@@](O)(C(=O)C[2H])[C@](O)(C(=O)C[2H])[C@@]1(O)C1O[C@H](C(O)CC([2H])=O)[C@](O)(CC([2H])=O)[C@@](O)(CC([2H])=O)[C@]1(O)CC([2H])=O. The van der Waals surface area contributed by atoms with Gasteiger partial charge in [-0.15, -0.1) is 0 Å². The second-order valence-electron chi connectivity index (χ2n) is 10.5. The molecule has 2 fully saturated rings. The van der Waals surface area contributed by atoms with Gasteiger partial charge in [0.2, 0.25) is 5.60 Å². The minimum Gasteiger partial charge on any atom is -0.390 e. The highest BCUT2D eigenvalue weighted by atomic mass is 16.7. The van der Waals surface area contributed by atoms with Crippen molar-refractivity contribution in [1.29, 1.82) is 0 Å². The van der Waals surface area contributed by atoms with Gasteiger partial charge in [-0.25, -0.2) is 0 Å². The van der Waals surface area contributed by atoms with Crippen molar-refractivity contribution in [1.82, 2.24) is 0 Å². The van der Waals surface area contributed by atoms with Gasteiger partial charge in [-0.3, -0.25) is 14.4 Å². The molecule has 248 valence electrons. The van der Waals surface area contributed by atoms with Crippen LogP contribution in [0.4, 0.5) is 0 Å². The summed E-state index contributed by atoms with van der Waals surface area (Å²) in [7, 11) is 0. The first-order valence-corrected chi connectivity index (χ1v) is 12.3. The number of hydrogen-bond donors (Lipinski definition) is 9. The van der Waals surface area contributed by atoms with E-state index in [0.29, 0.717) is 0 Å². The molecule has 2 aliphatic rings. The van der Waals surface area contributed by atoms with Crippen molar-refractivity contribution in [2.45, 2.75) is 117 Å². The van der Waals surface area contributed by atoms with Crippen LogP contribution in [0.1, 0.15) is 56.0 Å². The van der Waals surface area contributed by atoms with Gasteiger partial charge in [0.1, 0.15) is 71.8 Å². The van der Waals surface area contributed by atoms with Gasteiger partial charge in [0.15, 0.2) is 34.8 Å². The molecule has 18 nitrogen and oxygen atoms in total. The lowest BCUT2D eigenvalue weighted by Gasteiger charge is -2.67. The molecule has 18 heteroatoms. The molecule has 2 saturated heterocycles. The Bertz CT molecular complexity index is 1450. The van der Waals surface area contributed by atoms with Crippen LogP contribution in [0.25, 0.3) is 0 Å². The number of aliphatic hydroxyl groups is 9. The first kappa shape index (κ1) is 27.6. The molecule has 2 heterocycles. The van der Waals surface area contributed by atoms with E-state index in [1.807, 2.05) is 0 Å². The number of aliphatic hydroxyl groups excluding tert-OH is 3. The average Bonchev–Trinajstić information content (AvgIpc) is 3.01. The predicted octanol–water partition coefficient (Wildman–Crippen LogP) is -6.30. The minimum absolute atomic E-state index is 1.48. The Morgan fingerprint density at radius 1 is 0.795 bits per heavy atom. The third-order valence-electron chi connectivity index (χ3n) is 8.32. The standard InChI is InChI=1S/C26H36O18/c1-12(31)16(35)18-25(41,26(42,14(3)33)24(40,13(2)32)20(36)44-18)19-22(38,6-10-29)23(39,7-11-30)21(37,5-9-28)17(43-19)15(34)4-8-27/h8-11,15-20,34-42H,4-7H2,1-3H3/t15?,16?,17-,18-,19?,20?,21-,22+,23+,24+,25+,26-/m1/s1/i1D,2D,3D,8D,9D,10D,11D. The van der Waals surface area contributed by atoms with Gasteiger partial charge in [-0.2, -0.15) is 0 Å². The number of carbonyl (C=O) groups excluding carboxylic acids is 7. The van der Waals surface area contributed by atoms with Gasteiger partial charge in [-0.1, -0.05) is 0 Å². The van der Waals surface area contributed by atoms with Crippen molar-refractivity contribution < 1.29 is 98.6 Å². The van der Waals surface area contributed by atoms with Gasteiger partial charge >= 0.3 is 0 Å². The zero-order valence-corrected chi connectivity index (χ0v) is 22.6. The molecular weight excluding hydrogens is 600 g/mol. The molecule has 9 N–H and O–H groups in total. The summed E-state index contributed by atoms with van der Waals surface area (Å²) in [5.74, 6) is -6.28. The van der Waals surface area contributed by atoms with E-state index >= 15 is 0 Å². The summed E-state index contributed by atoms with van der Waals surface area (Å²) in [5.41, 5.74) is -26.5. The highest BCUT2D eigenvalue weighted by Gasteiger charge is 2.85. The second-order valence-corrected chi connectivity index (χ2v) is 10.5. The van der Waals surface area contributed by atoms with Crippen LogP contribution in [-0.2, 0) is 43.0 Å². The quantitative estimate of drug-likeness (QED) is 0.0795. The number of hydrogen-bond acceptors (Lipinski definition) is 18. The van der Waals surface area contributed by atoms with Crippen LogP contribution in [0.15, 0.2) is 0 Å². The first-order chi connectivity index (χ1) is 23.2.